The number of carbonyl (C=O) groups excluding carboxylic acids is 2. The minimum atomic E-state index is -0.790. The van der Waals surface area contributed by atoms with Crippen LogP contribution in [-0.2, 0) is 14.4 Å². The van der Waals surface area contributed by atoms with Crippen LogP contribution in [0.3, 0.4) is 0 Å². The highest BCUT2D eigenvalue weighted by Crippen LogP contribution is 2.29. The highest BCUT2D eigenvalue weighted by Gasteiger charge is 2.29. The van der Waals surface area contributed by atoms with E-state index in [-0.39, 0.29) is 30.2 Å². The zero-order chi connectivity index (χ0) is 17.7. The zero-order valence-corrected chi connectivity index (χ0v) is 14.1. The summed E-state index contributed by atoms with van der Waals surface area (Å²) in [4.78, 5) is 35.1. The molecule has 3 N–H and O–H groups in total. The largest absolute Gasteiger partial charge is 0.481 e. The van der Waals surface area contributed by atoms with Gasteiger partial charge in [-0.2, -0.15) is 0 Å². The van der Waals surface area contributed by atoms with Crippen LogP contribution in [0.15, 0.2) is 18.2 Å². The van der Waals surface area contributed by atoms with Crippen molar-refractivity contribution < 1.29 is 19.5 Å². The molecule has 1 aliphatic rings. The molecule has 1 aromatic carbocycles. The normalized spacial score (nSPS) is 20.2. The predicted octanol–water partition coefficient (Wildman–Crippen LogP) is 2.25. The van der Waals surface area contributed by atoms with Crippen LogP contribution < -0.4 is 10.6 Å². The molecule has 1 saturated carbocycles. The number of para-hydroxylation sites is 1. The lowest BCUT2D eigenvalue weighted by atomic mass is 9.81. The molecule has 2 amide bonds. The van der Waals surface area contributed by atoms with Crippen molar-refractivity contribution in [1.82, 2.24) is 5.32 Å². The second-order valence-electron chi connectivity index (χ2n) is 6.42. The first-order valence-electron chi connectivity index (χ1n) is 8.25. The van der Waals surface area contributed by atoms with Gasteiger partial charge in [0.25, 0.3) is 0 Å². The van der Waals surface area contributed by atoms with Gasteiger partial charge in [-0.05, 0) is 50.7 Å². The average molecular weight is 332 g/mol. The van der Waals surface area contributed by atoms with E-state index < -0.39 is 5.97 Å². The maximum Gasteiger partial charge on any atom is 0.306 e. The van der Waals surface area contributed by atoms with Crippen LogP contribution in [0.4, 0.5) is 5.69 Å². The Labute approximate surface area is 141 Å². The number of carboxylic acids is 1. The van der Waals surface area contributed by atoms with Crippen molar-refractivity contribution in [2.45, 2.75) is 39.5 Å². The quantitative estimate of drug-likeness (QED) is 0.770. The number of amides is 2. The van der Waals surface area contributed by atoms with Crippen LogP contribution in [0.1, 0.15) is 36.8 Å². The first kappa shape index (κ1) is 18.0. The van der Waals surface area contributed by atoms with Crippen molar-refractivity contribution in [3.05, 3.63) is 29.3 Å². The third kappa shape index (κ3) is 4.57. The van der Waals surface area contributed by atoms with E-state index in [1.807, 2.05) is 32.0 Å². The molecule has 0 spiro atoms. The molecular weight excluding hydrogens is 308 g/mol. The second kappa shape index (κ2) is 7.95. The fourth-order valence-electron chi connectivity index (χ4n) is 3.11. The molecule has 0 aromatic heterocycles. The van der Waals surface area contributed by atoms with Crippen molar-refractivity contribution in [1.29, 1.82) is 0 Å². The Morgan fingerprint density at radius 3 is 2.12 bits per heavy atom. The standard InChI is InChI=1S/C18H24N2O4/c1-11-4-3-5-12(2)16(11)20-15(21)10-19-17(22)13-6-8-14(9-7-13)18(23)24/h3-5,13-14H,6-10H2,1-2H3,(H,19,22)(H,20,21)(H,23,24). The number of rotatable bonds is 5. The van der Waals surface area contributed by atoms with Crippen LogP contribution in [0.5, 0.6) is 0 Å². The maximum absolute atomic E-state index is 12.1. The molecule has 1 fully saturated rings. The summed E-state index contributed by atoms with van der Waals surface area (Å²) in [5, 5.41) is 14.5. The van der Waals surface area contributed by atoms with E-state index in [1.165, 1.54) is 0 Å². The van der Waals surface area contributed by atoms with Gasteiger partial charge in [0, 0.05) is 11.6 Å². The third-order valence-electron chi connectivity index (χ3n) is 4.62. The molecule has 1 aliphatic carbocycles. The lowest BCUT2D eigenvalue weighted by molar-refractivity contribution is -0.144. The molecule has 0 saturated heterocycles. The monoisotopic (exact) mass is 332 g/mol. The first-order valence-corrected chi connectivity index (χ1v) is 8.25. The van der Waals surface area contributed by atoms with Gasteiger partial charge in [0.05, 0.1) is 12.5 Å². The van der Waals surface area contributed by atoms with Crippen LogP contribution in [0.2, 0.25) is 0 Å². The van der Waals surface area contributed by atoms with E-state index in [0.717, 1.165) is 16.8 Å². The average Bonchev–Trinajstić information content (AvgIpc) is 2.56. The SMILES string of the molecule is Cc1cccc(C)c1NC(=O)CNC(=O)C1CCC(C(=O)O)CC1. The molecule has 0 atom stereocenters. The Balaban J connectivity index is 1.80. The van der Waals surface area contributed by atoms with Gasteiger partial charge in [-0.3, -0.25) is 14.4 Å². The molecule has 0 unspecified atom stereocenters. The number of aryl methyl sites for hydroxylation is 2. The number of carbonyl (C=O) groups is 3. The summed E-state index contributed by atoms with van der Waals surface area (Å²) in [6, 6.07) is 5.76. The predicted molar refractivity (Wildman–Crippen MR) is 90.6 cm³/mol. The summed E-state index contributed by atoms with van der Waals surface area (Å²) in [5.41, 5.74) is 2.72. The summed E-state index contributed by atoms with van der Waals surface area (Å²) in [5.74, 6) is -1.77. The van der Waals surface area contributed by atoms with Gasteiger partial charge in [-0.1, -0.05) is 18.2 Å². The molecule has 6 heteroatoms. The Kier molecular flexibility index (Phi) is 5.95. The van der Waals surface area contributed by atoms with Crippen molar-refractivity contribution >= 4 is 23.5 Å². The fraction of sp³-hybridized carbons (Fsp3) is 0.500. The summed E-state index contributed by atoms with van der Waals surface area (Å²) in [7, 11) is 0. The fourth-order valence-corrected chi connectivity index (χ4v) is 3.11. The highest BCUT2D eigenvalue weighted by atomic mass is 16.4. The van der Waals surface area contributed by atoms with Crippen LogP contribution >= 0.6 is 0 Å². The van der Waals surface area contributed by atoms with E-state index in [1.54, 1.807) is 0 Å². The Morgan fingerprint density at radius 2 is 1.58 bits per heavy atom. The topological polar surface area (TPSA) is 95.5 Å². The number of anilines is 1. The lowest BCUT2D eigenvalue weighted by Gasteiger charge is -2.25. The van der Waals surface area contributed by atoms with E-state index in [2.05, 4.69) is 10.6 Å². The van der Waals surface area contributed by atoms with Gasteiger partial charge >= 0.3 is 5.97 Å². The van der Waals surface area contributed by atoms with Crippen molar-refractivity contribution in [3.8, 4) is 0 Å². The summed E-state index contributed by atoms with van der Waals surface area (Å²) in [6.07, 6.45) is 2.15. The number of hydrogen-bond donors (Lipinski definition) is 3. The molecule has 2 rings (SSSR count). The maximum atomic E-state index is 12.1. The van der Waals surface area contributed by atoms with Crippen LogP contribution in [0.25, 0.3) is 0 Å². The van der Waals surface area contributed by atoms with Crippen molar-refractivity contribution in [3.63, 3.8) is 0 Å². The Bertz CT molecular complexity index is 614. The molecule has 1 aromatic rings. The molecule has 0 aliphatic heterocycles. The molecular formula is C18H24N2O4. The van der Waals surface area contributed by atoms with Gasteiger partial charge in [0.1, 0.15) is 0 Å². The number of aliphatic carboxylic acids is 1. The molecule has 0 radical (unpaired) electrons. The van der Waals surface area contributed by atoms with E-state index >= 15 is 0 Å². The first-order chi connectivity index (χ1) is 11.4. The number of benzene rings is 1. The molecule has 0 bridgehead atoms. The van der Waals surface area contributed by atoms with E-state index in [0.29, 0.717) is 25.7 Å². The molecule has 6 nitrogen and oxygen atoms in total. The molecule has 24 heavy (non-hydrogen) atoms. The smallest absolute Gasteiger partial charge is 0.306 e. The third-order valence-corrected chi connectivity index (χ3v) is 4.62. The van der Waals surface area contributed by atoms with E-state index in [4.69, 9.17) is 5.11 Å². The Morgan fingerprint density at radius 1 is 1.04 bits per heavy atom. The van der Waals surface area contributed by atoms with Gasteiger partial charge in [-0.25, -0.2) is 0 Å². The number of nitrogens with one attached hydrogen (secondary N) is 2. The van der Waals surface area contributed by atoms with Crippen molar-refractivity contribution in [2.24, 2.45) is 11.8 Å². The lowest BCUT2D eigenvalue weighted by Crippen LogP contribution is -2.38. The minimum Gasteiger partial charge on any atom is -0.481 e. The van der Waals surface area contributed by atoms with Crippen molar-refractivity contribution in [2.75, 3.05) is 11.9 Å². The number of carboxylic acid groups (broad SMARTS) is 1. The summed E-state index contributed by atoms with van der Waals surface area (Å²) in [6.45, 7) is 3.76. The van der Waals surface area contributed by atoms with Crippen LogP contribution in [0, 0.1) is 25.7 Å². The van der Waals surface area contributed by atoms with Gasteiger partial charge in [0.15, 0.2) is 0 Å². The van der Waals surface area contributed by atoms with Gasteiger partial charge < -0.3 is 15.7 Å². The zero-order valence-electron chi connectivity index (χ0n) is 14.1. The highest BCUT2D eigenvalue weighted by molar-refractivity contribution is 5.96. The molecule has 130 valence electrons. The summed E-state index contributed by atoms with van der Waals surface area (Å²) < 4.78 is 0. The number of hydrogen-bond acceptors (Lipinski definition) is 3. The van der Waals surface area contributed by atoms with Gasteiger partial charge in [-0.15, -0.1) is 0 Å². The van der Waals surface area contributed by atoms with Crippen LogP contribution in [-0.4, -0.2) is 29.4 Å². The van der Waals surface area contributed by atoms with E-state index in [9.17, 15) is 14.4 Å². The Hall–Kier alpha value is -2.37. The second-order valence-corrected chi connectivity index (χ2v) is 6.42. The molecule has 0 heterocycles. The van der Waals surface area contributed by atoms with Gasteiger partial charge in [0.2, 0.25) is 11.8 Å². The minimum absolute atomic E-state index is 0.0779. The summed E-state index contributed by atoms with van der Waals surface area (Å²) >= 11 is 0.